The molecular weight excluding hydrogens is 507 g/mol. The molecule has 1 aliphatic heterocycles. The van der Waals surface area contributed by atoms with Crippen molar-refractivity contribution in [2.24, 2.45) is 5.92 Å². The summed E-state index contributed by atoms with van der Waals surface area (Å²) in [6.45, 7) is 1.74. The molecule has 1 amide bonds. The minimum Gasteiger partial charge on any atom is -0.481 e. The lowest BCUT2D eigenvalue weighted by Gasteiger charge is -2.41. The lowest BCUT2D eigenvalue weighted by Crippen LogP contribution is -2.56. The first-order valence-electron chi connectivity index (χ1n) is 12.5. The zero-order valence-corrected chi connectivity index (χ0v) is 21.9. The van der Waals surface area contributed by atoms with Crippen LogP contribution in [-0.2, 0) is 31.4 Å². The van der Waals surface area contributed by atoms with Gasteiger partial charge in [-0.2, -0.15) is 4.31 Å². The molecule has 0 aliphatic carbocycles. The average molecular weight is 539 g/mol. The number of nitrogens with zero attached hydrogens (tertiary/aromatic N) is 1. The van der Waals surface area contributed by atoms with Gasteiger partial charge >= 0.3 is 5.97 Å². The van der Waals surface area contributed by atoms with Crippen LogP contribution in [0.2, 0.25) is 0 Å². The van der Waals surface area contributed by atoms with Crippen molar-refractivity contribution in [3.05, 3.63) is 102 Å². The van der Waals surface area contributed by atoms with E-state index in [0.29, 0.717) is 6.42 Å². The third-order valence-corrected chi connectivity index (χ3v) is 9.31. The Labute approximate surface area is 222 Å². The van der Waals surface area contributed by atoms with Crippen LogP contribution in [0.5, 0.6) is 0 Å². The summed E-state index contributed by atoms with van der Waals surface area (Å²) in [5.41, 5.74) is 0.612. The van der Waals surface area contributed by atoms with Gasteiger partial charge in [0.1, 0.15) is 5.82 Å². The van der Waals surface area contributed by atoms with E-state index in [2.05, 4.69) is 5.32 Å². The van der Waals surface area contributed by atoms with E-state index in [9.17, 15) is 27.5 Å². The van der Waals surface area contributed by atoms with Gasteiger partial charge in [0.05, 0.1) is 16.2 Å². The fourth-order valence-electron chi connectivity index (χ4n) is 4.97. The maximum absolute atomic E-state index is 14.0. The molecule has 0 saturated carbocycles. The van der Waals surface area contributed by atoms with Gasteiger partial charge in [0.2, 0.25) is 15.9 Å². The second-order valence-corrected chi connectivity index (χ2v) is 11.6. The van der Waals surface area contributed by atoms with Crippen LogP contribution in [0, 0.1) is 11.7 Å². The second kappa shape index (κ2) is 11.4. The van der Waals surface area contributed by atoms with Gasteiger partial charge in [-0.3, -0.25) is 9.59 Å². The van der Waals surface area contributed by atoms with Gasteiger partial charge in [0.15, 0.2) is 0 Å². The zero-order valence-electron chi connectivity index (χ0n) is 21.1. The van der Waals surface area contributed by atoms with Crippen LogP contribution in [0.3, 0.4) is 0 Å². The molecular formula is C29H31FN2O5S. The molecule has 1 fully saturated rings. The van der Waals surface area contributed by atoms with Gasteiger partial charge in [-0.15, -0.1) is 0 Å². The number of aliphatic carboxylic acids is 1. The maximum atomic E-state index is 14.0. The molecule has 2 N–H and O–H groups in total. The molecule has 0 radical (unpaired) electrons. The van der Waals surface area contributed by atoms with Gasteiger partial charge in [-0.1, -0.05) is 60.7 Å². The van der Waals surface area contributed by atoms with Crippen molar-refractivity contribution in [2.75, 3.05) is 13.1 Å². The van der Waals surface area contributed by atoms with E-state index in [0.717, 1.165) is 23.3 Å². The Bertz CT molecular complexity index is 1360. The molecule has 200 valence electrons. The molecule has 1 aliphatic rings. The largest absolute Gasteiger partial charge is 0.481 e. The van der Waals surface area contributed by atoms with Gasteiger partial charge in [0, 0.05) is 19.1 Å². The van der Waals surface area contributed by atoms with E-state index in [1.807, 2.05) is 60.7 Å². The molecule has 9 heteroatoms. The number of carboxylic acid groups (broad SMARTS) is 1. The smallest absolute Gasteiger partial charge is 0.308 e. The van der Waals surface area contributed by atoms with Crippen molar-refractivity contribution in [2.45, 2.75) is 42.5 Å². The summed E-state index contributed by atoms with van der Waals surface area (Å²) in [7, 11) is -3.87. The number of carbonyl (C=O) groups is 2. The summed E-state index contributed by atoms with van der Waals surface area (Å²) < 4.78 is 41.1. The fraction of sp³-hybridized carbons (Fsp3) is 0.310. The van der Waals surface area contributed by atoms with Crippen LogP contribution in [0.25, 0.3) is 0 Å². The lowest BCUT2D eigenvalue weighted by molar-refractivity contribution is -0.142. The predicted molar refractivity (Wildman–Crippen MR) is 141 cm³/mol. The molecule has 0 bridgehead atoms. The standard InChI is InChI=1S/C29H31FN2O5S/c1-21(27(33)34)26(20-22-8-4-2-5-9-22)31-28(35)29(23-10-6-3-7-11-23)16-18-32(19-17-29)38(36,37)25-14-12-24(30)13-15-25/h2-15,21,26H,16-20H2,1H3,(H,31,35)(H,33,34). The van der Waals surface area contributed by atoms with Crippen molar-refractivity contribution >= 4 is 21.9 Å². The summed E-state index contributed by atoms with van der Waals surface area (Å²) in [5.74, 6) is -2.70. The highest BCUT2D eigenvalue weighted by molar-refractivity contribution is 7.89. The number of nitrogens with one attached hydrogen (secondary N) is 1. The Balaban J connectivity index is 1.61. The Morgan fingerprint density at radius 1 is 0.947 bits per heavy atom. The van der Waals surface area contributed by atoms with Crippen LogP contribution >= 0.6 is 0 Å². The predicted octanol–water partition coefficient (Wildman–Crippen LogP) is 4.00. The zero-order chi connectivity index (χ0) is 27.3. The SMILES string of the molecule is CC(C(=O)O)C(Cc1ccccc1)NC(=O)C1(c2ccccc2)CCN(S(=O)(=O)c2ccc(F)cc2)CC1. The van der Waals surface area contributed by atoms with Crippen molar-refractivity contribution in [3.63, 3.8) is 0 Å². The Morgan fingerprint density at radius 2 is 1.50 bits per heavy atom. The van der Waals surface area contributed by atoms with Gasteiger partial charge < -0.3 is 10.4 Å². The third kappa shape index (κ3) is 5.79. The summed E-state index contributed by atoms with van der Waals surface area (Å²) in [4.78, 5) is 25.9. The normalized spacial score (nSPS) is 17.3. The van der Waals surface area contributed by atoms with Crippen molar-refractivity contribution in [1.29, 1.82) is 0 Å². The Morgan fingerprint density at radius 3 is 2.05 bits per heavy atom. The van der Waals surface area contributed by atoms with E-state index in [1.54, 1.807) is 6.92 Å². The monoisotopic (exact) mass is 538 g/mol. The molecule has 1 saturated heterocycles. The minimum absolute atomic E-state index is 0.00577. The number of amides is 1. The van der Waals surface area contributed by atoms with Crippen molar-refractivity contribution < 1.29 is 27.5 Å². The quantitative estimate of drug-likeness (QED) is 0.429. The number of halogens is 1. The number of sulfonamides is 1. The topological polar surface area (TPSA) is 104 Å². The molecule has 2 unspecified atom stereocenters. The molecule has 3 aromatic carbocycles. The third-order valence-electron chi connectivity index (χ3n) is 7.40. The fourth-order valence-corrected chi connectivity index (χ4v) is 6.41. The summed E-state index contributed by atoms with van der Waals surface area (Å²) in [5, 5.41) is 12.8. The first-order chi connectivity index (χ1) is 18.1. The van der Waals surface area contributed by atoms with Crippen LogP contribution in [0.1, 0.15) is 30.9 Å². The van der Waals surface area contributed by atoms with Crippen LogP contribution in [-0.4, -0.2) is 48.8 Å². The number of rotatable bonds is 9. The lowest BCUT2D eigenvalue weighted by atomic mass is 9.72. The number of hydrogen-bond acceptors (Lipinski definition) is 4. The number of benzene rings is 3. The van der Waals surface area contributed by atoms with Crippen LogP contribution in [0.15, 0.2) is 89.8 Å². The number of piperidine rings is 1. The van der Waals surface area contributed by atoms with Crippen LogP contribution in [0.4, 0.5) is 4.39 Å². The van der Waals surface area contributed by atoms with Crippen molar-refractivity contribution in [3.8, 4) is 0 Å². The summed E-state index contributed by atoms with van der Waals surface area (Å²) >= 11 is 0. The van der Waals surface area contributed by atoms with E-state index in [-0.39, 0.29) is 36.7 Å². The molecule has 1 heterocycles. The summed E-state index contributed by atoms with van der Waals surface area (Å²) in [6, 6.07) is 22.6. The van der Waals surface area contributed by atoms with Gasteiger partial charge in [-0.05, 0) is 61.6 Å². The second-order valence-electron chi connectivity index (χ2n) is 9.70. The van der Waals surface area contributed by atoms with E-state index in [1.165, 1.54) is 16.4 Å². The number of carboxylic acids is 1. The Kier molecular flexibility index (Phi) is 8.28. The molecule has 38 heavy (non-hydrogen) atoms. The molecule has 3 aromatic rings. The minimum atomic E-state index is -3.87. The maximum Gasteiger partial charge on any atom is 0.308 e. The molecule has 0 aromatic heterocycles. The first-order valence-corrected chi connectivity index (χ1v) is 14.0. The Hall–Kier alpha value is -3.56. The number of hydrogen-bond donors (Lipinski definition) is 2. The van der Waals surface area contributed by atoms with E-state index >= 15 is 0 Å². The molecule has 4 rings (SSSR count). The molecule has 0 spiro atoms. The van der Waals surface area contributed by atoms with Gasteiger partial charge in [-0.25, -0.2) is 12.8 Å². The van der Waals surface area contributed by atoms with E-state index in [4.69, 9.17) is 0 Å². The number of carbonyl (C=O) groups excluding carboxylic acids is 1. The van der Waals surface area contributed by atoms with Crippen LogP contribution < -0.4 is 5.32 Å². The average Bonchev–Trinajstić information content (AvgIpc) is 2.93. The highest BCUT2D eigenvalue weighted by Gasteiger charge is 2.46. The molecule has 7 nitrogen and oxygen atoms in total. The first kappa shape index (κ1) is 27.5. The molecule has 2 atom stereocenters. The highest BCUT2D eigenvalue weighted by Crippen LogP contribution is 2.38. The van der Waals surface area contributed by atoms with Gasteiger partial charge in [0.25, 0.3) is 0 Å². The highest BCUT2D eigenvalue weighted by atomic mass is 32.2. The summed E-state index contributed by atoms with van der Waals surface area (Å²) in [6.07, 6.45) is 0.765. The van der Waals surface area contributed by atoms with E-state index < -0.39 is 39.2 Å². The van der Waals surface area contributed by atoms with Crippen molar-refractivity contribution in [1.82, 2.24) is 9.62 Å².